The van der Waals surface area contributed by atoms with Gasteiger partial charge < -0.3 is 0 Å². The summed E-state index contributed by atoms with van der Waals surface area (Å²) < 4.78 is 13.4. The summed E-state index contributed by atoms with van der Waals surface area (Å²) in [5.74, 6) is 0.335. The summed E-state index contributed by atoms with van der Waals surface area (Å²) in [6, 6.07) is 14.4. The van der Waals surface area contributed by atoms with Crippen molar-refractivity contribution in [3.8, 4) is 11.1 Å². The molecular formula is C22H24FN. The lowest BCUT2D eigenvalue weighted by Crippen LogP contribution is -2.01. The van der Waals surface area contributed by atoms with E-state index in [1.807, 2.05) is 12.1 Å². The number of nitrogens with zero attached hydrogens (tertiary/aromatic N) is 1. The number of halogens is 1. The van der Waals surface area contributed by atoms with Crippen molar-refractivity contribution < 1.29 is 4.39 Å². The second kappa shape index (κ2) is 7.12. The molecular weight excluding hydrogens is 297 g/mol. The lowest BCUT2D eigenvalue weighted by molar-refractivity contribution is 0.624. The summed E-state index contributed by atoms with van der Waals surface area (Å²) in [6.45, 7) is 6.73. The maximum absolute atomic E-state index is 13.4. The highest BCUT2D eigenvalue weighted by atomic mass is 19.1. The van der Waals surface area contributed by atoms with E-state index in [-0.39, 0.29) is 5.82 Å². The molecule has 0 radical (unpaired) electrons. The van der Waals surface area contributed by atoms with Crippen LogP contribution >= 0.6 is 0 Å². The third kappa shape index (κ3) is 3.19. The highest BCUT2D eigenvalue weighted by Crippen LogP contribution is 2.31. The summed E-state index contributed by atoms with van der Waals surface area (Å²) in [4.78, 5) is 4.13. The topological polar surface area (TPSA) is 12.9 Å². The zero-order valence-corrected chi connectivity index (χ0v) is 14.6. The highest BCUT2D eigenvalue weighted by molar-refractivity contribution is 5.84. The van der Waals surface area contributed by atoms with Gasteiger partial charge in [0.1, 0.15) is 5.82 Å². The third-order valence-electron chi connectivity index (χ3n) is 4.93. The Morgan fingerprint density at radius 1 is 0.917 bits per heavy atom. The second-order valence-corrected chi connectivity index (χ2v) is 6.34. The fraction of sp³-hybridized carbons (Fsp3) is 0.318. The fourth-order valence-electron chi connectivity index (χ4n) is 3.50. The van der Waals surface area contributed by atoms with E-state index in [9.17, 15) is 4.39 Å². The molecule has 3 aromatic rings. The molecule has 24 heavy (non-hydrogen) atoms. The van der Waals surface area contributed by atoms with Crippen LogP contribution in [0.25, 0.3) is 22.0 Å². The van der Waals surface area contributed by atoms with Gasteiger partial charge in [-0.15, -0.1) is 0 Å². The molecule has 1 aromatic heterocycles. The van der Waals surface area contributed by atoms with Crippen LogP contribution in [0.2, 0.25) is 0 Å². The van der Waals surface area contributed by atoms with E-state index in [0.29, 0.717) is 5.92 Å². The molecule has 0 saturated carbocycles. The largest absolute Gasteiger partial charge is 0.253 e. The molecule has 1 nitrogen and oxygen atoms in total. The van der Waals surface area contributed by atoms with Gasteiger partial charge in [-0.2, -0.15) is 0 Å². The number of hydrogen-bond donors (Lipinski definition) is 0. The molecule has 2 aromatic carbocycles. The van der Waals surface area contributed by atoms with Gasteiger partial charge >= 0.3 is 0 Å². The van der Waals surface area contributed by atoms with Crippen LogP contribution in [0, 0.1) is 5.82 Å². The van der Waals surface area contributed by atoms with Crippen LogP contribution in [0.1, 0.15) is 50.7 Å². The summed E-state index contributed by atoms with van der Waals surface area (Å²) >= 11 is 0. The van der Waals surface area contributed by atoms with Crippen LogP contribution in [-0.4, -0.2) is 4.98 Å². The average molecular weight is 321 g/mol. The lowest BCUT2D eigenvalue weighted by atomic mass is 9.87. The zero-order chi connectivity index (χ0) is 17.1. The third-order valence-corrected chi connectivity index (χ3v) is 4.93. The SMILES string of the molecule is CCc1cc(-c2ccc3ncc(F)cc3c2)ccc1C(CC)CC. The first-order valence-electron chi connectivity index (χ1n) is 8.84. The van der Waals surface area contributed by atoms with Crippen molar-refractivity contribution in [2.45, 2.75) is 46.0 Å². The minimum absolute atomic E-state index is 0.294. The number of hydrogen-bond acceptors (Lipinski definition) is 1. The van der Waals surface area contributed by atoms with Crippen molar-refractivity contribution >= 4 is 10.9 Å². The van der Waals surface area contributed by atoms with Crippen molar-refractivity contribution in [1.82, 2.24) is 4.98 Å². The van der Waals surface area contributed by atoms with Crippen LogP contribution in [0.4, 0.5) is 4.39 Å². The van der Waals surface area contributed by atoms with E-state index < -0.39 is 0 Å². The van der Waals surface area contributed by atoms with E-state index in [0.717, 1.165) is 22.9 Å². The molecule has 0 fully saturated rings. The minimum Gasteiger partial charge on any atom is -0.253 e. The number of fused-ring (bicyclic) bond motifs is 1. The lowest BCUT2D eigenvalue weighted by Gasteiger charge is -2.18. The molecule has 1 heterocycles. The van der Waals surface area contributed by atoms with Crippen LogP contribution in [0.3, 0.4) is 0 Å². The van der Waals surface area contributed by atoms with Gasteiger partial charge in [-0.05, 0) is 65.6 Å². The Morgan fingerprint density at radius 2 is 1.62 bits per heavy atom. The first-order chi connectivity index (χ1) is 11.7. The van der Waals surface area contributed by atoms with Crippen LogP contribution in [0.5, 0.6) is 0 Å². The molecule has 0 aliphatic rings. The Morgan fingerprint density at radius 3 is 2.33 bits per heavy atom. The Labute approximate surface area is 143 Å². The van der Waals surface area contributed by atoms with Gasteiger partial charge in [-0.3, -0.25) is 4.98 Å². The van der Waals surface area contributed by atoms with Gasteiger partial charge in [0.2, 0.25) is 0 Å². The number of aryl methyl sites for hydroxylation is 1. The van der Waals surface area contributed by atoms with Crippen LogP contribution in [-0.2, 0) is 6.42 Å². The van der Waals surface area contributed by atoms with E-state index >= 15 is 0 Å². The molecule has 0 amide bonds. The number of benzene rings is 2. The minimum atomic E-state index is -0.294. The van der Waals surface area contributed by atoms with Crippen LogP contribution in [0.15, 0.2) is 48.7 Å². The van der Waals surface area contributed by atoms with Crippen molar-refractivity contribution in [3.05, 3.63) is 65.6 Å². The van der Waals surface area contributed by atoms with Crippen molar-refractivity contribution in [1.29, 1.82) is 0 Å². The molecule has 0 unspecified atom stereocenters. The molecule has 3 rings (SSSR count). The molecule has 0 saturated heterocycles. The van der Waals surface area contributed by atoms with Crippen molar-refractivity contribution in [2.24, 2.45) is 0 Å². The molecule has 0 atom stereocenters. The summed E-state index contributed by atoms with van der Waals surface area (Å²) in [7, 11) is 0. The molecule has 0 aliphatic carbocycles. The molecule has 0 bridgehead atoms. The quantitative estimate of drug-likeness (QED) is 0.522. The maximum Gasteiger partial charge on any atom is 0.142 e. The predicted molar refractivity (Wildman–Crippen MR) is 99.8 cm³/mol. The number of aromatic nitrogens is 1. The highest BCUT2D eigenvalue weighted by Gasteiger charge is 2.12. The predicted octanol–water partition coefficient (Wildman–Crippen LogP) is 6.51. The first-order valence-corrected chi connectivity index (χ1v) is 8.84. The summed E-state index contributed by atoms with van der Waals surface area (Å²) in [6.07, 6.45) is 4.64. The number of rotatable bonds is 5. The summed E-state index contributed by atoms with van der Waals surface area (Å²) in [5.41, 5.74) is 6.01. The Kier molecular flexibility index (Phi) is 4.94. The molecule has 2 heteroatoms. The summed E-state index contributed by atoms with van der Waals surface area (Å²) in [5, 5.41) is 0.842. The molecule has 0 N–H and O–H groups in total. The molecule has 0 aliphatic heterocycles. The van der Waals surface area contributed by atoms with Gasteiger partial charge in [-0.1, -0.05) is 45.0 Å². The van der Waals surface area contributed by atoms with Gasteiger partial charge in [0.05, 0.1) is 11.7 Å². The van der Waals surface area contributed by atoms with Gasteiger partial charge in [0.15, 0.2) is 0 Å². The molecule has 0 spiro atoms. The molecule has 124 valence electrons. The van der Waals surface area contributed by atoms with Crippen molar-refractivity contribution in [3.63, 3.8) is 0 Å². The standard InChI is InChI=1S/C22H24FN/c1-4-15(5-2)21-9-7-17(11-16(21)6-3)18-8-10-22-19(12-18)13-20(23)14-24-22/h7-15H,4-6H2,1-3H3. The van der Waals surface area contributed by atoms with Crippen LogP contribution < -0.4 is 0 Å². The normalized spacial score (nSPS) is 11.4. The number of pyridine rings is 1. The van der Waals surface area contributed by atoms with Gasteiger partial charge in [-0.25, -0.2) is 4.39 Å². The van der Waals surface area contributed by atoms with E-state index in [2.05, 4.69) is 50.0 Å². The smallest absolute Gasteiger partial charge is 0.142 e. The van der Waals surface area contributed by atoms with Gasteiger partial charge in [0, 0.05) is 5.39 Å². The van der Waals surface area contributed by atoms with Gasteiger partial charge in [0.25, 0.3) is 0 Å². The first kappa shape index (κ1) is 16.6. The average Bonchev–Trinajstić information content (AvgIpc) is 2.62. The fourth-order valence-corrected chi connectivity index (χ4v) is 3.50. The van der Waals surface area contributed by atoms with Crippen molar-refractivity contribution in [2.75, 3.05) is 0 Å². The Hall–Kier alpha value is -2.22. The second-order valence-electron chi connectivity index (χ2n) is 6.34. The van der Waals surface area contributed by atoms with E-state index in [1.165, 1.54) is 35.7 Å². The maximum atomic E-state index is 13.4. The zero-order valence-electron chi connectivity index (χ0n) is 14.6. The Balaban J connectivity index is 2.06. The monoisotopic (exact) mass is 321 g/mol. The Bertz CT molecular complexity index is 850. The van der Waals surface area contributed by atoms with E-state index in [1.54, 1.807) is 6.07 Å². The van der Waals surface area contributed by atoms with E-state index in [4.69, 9.17) is 0 Å².